The lowest BCUT2D eigenvalue weighted by atomic mass is 9.95. The molecule has 4 heterocycles. The maximum Gasteiger partial charge on any atom is 0.407 e. The number of benzene rings is 2. The van der Waals surface area contributed by atoms with E-state index in [2.05, 4.69) is 42.8 Å². The Bertz CT molecular complexity index is 2130. The molecule has 2 aliphatic rings. The third-order valence-corrected chi connectivity index (χ3v) is 12.9. The molecule has 6 atom stereocenters. The van der Waals surface area contributed by atoms with Crippen molar-refractivity contribution in [2.75, 3.05) is 38.8 Å². The van der Waals surface area contributed by atoms with Crippen molar-refractivity contribution in [3.63, 3.8) is 0 Å². The summed E-state index contributed by atoms with van der Waals surface area (Å²) < 4.78 is 35.8. The first-order valence-corrected chi connectivity index (χ1v) is 21.8. The minimum Gasteiger partial charge on any atom is -0.453 e. The molecule has 2 aromatic carbocycles. The molecule has 0 radical (unpaired) electrons. The van der Waals surface area contributed by atoms with Crippen LogP contribution in [0.5, 0.6) is 0 Å². The van der Waals surface area contributed by atoms with Gasteiger partial charge in [-0.3, -0.25) is 15.0 Å². The summed E-state index contributed by atoms with van der Waals surface area (Å²) in [6.45, 7) is 8.32. The first kappa shape index (κ1) is 44.6. The van der Waals surface area contributed by atoms with Gasteiger partial charge in [-0.1, -0.05) is 76.2 Å². The van der Waals surface area contributed by atoms with Crippen LogP contribution >= 0.6 is 24.4 Å². The molecule has 0 aliphatic carbocycles. The second kappa shape index (κ2) is 19.6. The van der Waals surface area contributed by atoms with Crippen molar-refractivity contribution in [2.24, 2.45) is 23.7 Å². The molecule has 0 unspecified atom stereocenters. The zero-order valence-corrected chi connectivity index (χ0v) is 36.1. The molecule has 4 aromatic rings. The Kier molecular flexibility index (Phi) is 14.6. The number of thiol groups is 1. The van der Waals surface area contributed by atoms with Gasteiger partial charge < -0.3 is 34.7 Å². The van der Waals surface area contributed by atoms with Crippen molar-refractivity contribution in [3.8, 4) is 33.6 Å². The number of carbonyl (C=O) groups is 3. The van der Waals surface area contributed by atoms with Crippen molar-refractivity contribution in [2.45, 2.75) is 63.9 Å². The zero-order chi connectivity index (χ0) is 43.2. The number of likely N-dealkylation sites (tertiary alicyclic amines) is 2. The lowest BCUT2D eigenvalue weighted by Gasteiger charge is -2.30. The number of carbonyl (C=O) groups excluding carboxylic acids is 3. The average Bonchev–Trinajstić information content (AvgIpc) is 4.05. The van der Waals surface area contributed by atoms with E-state index in [9.17, 15) is 14.4 Å². The van der Waals surface area contributed by atoms with Crippen LogP contribution in [0.25, 0.3) is 33.6 Å². The number of aromatic nitrogens is 4. The van der Waals surface area contributed by atoms with E-state index in [1.807, 2.05) is 58.2 Å². The quantitative estimate of drug-likeness (QED) is 0.0191. The molecule has 2 aromatic heterocycles. The van der Waals surface area contributed by atoms with E-state index in [0.29, 0.717) is 60.9 Å². The Balaban J connectivity index is 1.17. The highest BCUT2D eigenvalue weighted by Crippen LogP contribution is 2.40. The molecule has 0 saturated carbocycles. The summed E-state index contributed by atoms with van der Waals surface area (Å²) in [6.07, 6.45) is 3.05. The number of methoxy groups -OCH3 is 1. The Morgan fingerprint density at radius 1 is 0.867 bits per heavy atom. The molecule has 18 heteroatoms. The molecular formula is C42H52F2N8O6S2. The molecule has 2 fully saturated rings. The number of hydrogen-bond acceptors (Lipinski definition) is 11. The van der Waals surface area contributed by atoms with Crippen molar-refractivity contribution in [1.29, 1.82) is 5.41 Å². The van der Waals surface area contributed by atoms with Gasteiger partial charge in [0.05, 0.1) is 25.1 Å². The van der Waals surface area contributed by atoms with E-state index < -0.39 is 42.0 Å². The molecule has 322 valence electrons. The Labute approximate surface area is 357 Å². The molecule has 2 aliphatic heterocycles. The van der Waals surface area contributed by atoms with Crippen LogP contribution in [0.2, 0.25) is 0 Å². The number of aromatic amines is 2. The normalized spacial score (nSPS) is 20.1. The van der Waals surface area contributed by atoms with Gasteiger partial charge in [0.2, 0.25) is 30.1 Å². The van der Waals surface area contributed by atoms with Crippen LogP contribution in [0.3, 0.4) is 0 Å². The van der Waals surface area contributed by atoms with Gasteiger partial charge >= 0.3 is 6.09 Å². The van der Waals surface area contributed by atoms with Crippen molar-refractivity contribution >= 4 is 48.7 Å². The fraction of sp³-hybridized carbons (Fsp3) is 0.476. The van der Waals surface area contributed by atoms with Gasteiger partial charge in [0, 0.05) is 29.5 Å². The molecular weight excluding hydrogens is 815 g/mol. The number of nitrogens with zero attached hydrogens (tertiary/aromatic N) is 4. The number of halogens is 2. The standard InChI is InChI=1S/C42H52F2N8O6S2/c1-22(2)30(19-57-58-21-45)40(53)51-17-24(20-59)15-31(51)38-46-34(36(43)49-38)27-11-7-25(8-12-27)26-9-13-28(14-10-26)35-37(44)50-39(47-35)32-16-29(60-6)18-52(32)41(54)33(23(3)4)48-42(55)56-5/h7-14,21-24,29-33,45,59H,15-20H2,1-6H3,(H,46,49)(H,47,50)(H,48,55)/t24-,29-,30-,31-,32-,33-/m0/s1. The lowest BCUT2D eigenvalue weighted by Crippen LogP contribution is -2.51. The summed E-state index contributed by atoms with van der Waals surface area (Å²) in [5.41, 5.74) is 3.22. The summed E-state index contributed by atoms with van der Waals surface area (Å²) >= 11 is 6.10. The van der Waals surface area contributed by atoms with Crippen molar-refractivity contribution in [3.05, 3.63) is 72.1 Å². The van der Waals surface area contributed by atoms with E-state index in [0.717, 1.165) is 11.1 Å². The predicted octanol–water partition coefficient (Wildman–Crippen LogP) is 7.44. The van der Waals surface area contributed by atoms with Gasteiger partial charge in [0.15, 0.2) is 0 Å². The first-order valence-electron chi connectivity index (χ1n) is 19.9. The fourth-order valence-electron chi connectivity index (χ4n) is 7.91. The van der Waals surface area contributed by atoms with Gasteiger partial charge in [0.1, 0.15) is 35.7 Å². The lowest BCUT2D eigenvalue weighted by molar-refractivity contribution is -0.229. The number of H-pyrrole nitrogens is 2. The third kappa shape index (κ3) is 9.65. The molecule has 60 heavy (non-hydrogen) atoms. The zero-order valence-electron chi connectivity index (χ0n) is 34.4. The van der Waals surface area contributed by atoms with E-state index in [1.54, 1.807) is 45.8 Å². The number of rotatable bonds is 16. The number of thioether (sulfide) groups is 1. The number of amides is 3. The molecule has 0 bridgehead atoms. The Hall–Kier alpha value is -4.94. The first-order chi connectivity index (χ1) is 28.8. The predicted molar refractivity (Wildman–Crippen MR) is 228 cm³/mol. The Morgan fingerprint density at radius 2 is 1.38 bits per heavy atom. The molecule has 3 amide bonds. The topological polar surface area (TPSA) is 179 Å². The van der Waals surface area contributed by atoms with Crippen LogP contribution in [0.4, 0.5) is 13.6 Å². The second-order valence-electron chi connectivity index (χ2n) is 15.8. The maximum absolute atomic E-state index is 15.5. The fourth-order valence-corrected chi connectivity index (χ4v) is 8.86. The van der Waals surface area contributed by atoms with Crippen LogP contribution in [0.1, 0.15) is 64.3 Å². The number of imidazole rings is 2. The van der Waals surface area contributed by atoms with Crippen LogP contribution in [0, 0.1) is 41.0 Å². The molecule has 6 rings (SSSR count). The highest BCUT2D eigenvalue weighted by molar-refractivity contribution is 7.99. The largest absolute Gasteiger partial charge is 0.453 e. The smallest absolute Gasteiger partial charge is 0.407 e. The van der Waals surface area contributed by atoms with Crippen LogP contribution in [-0.2, 0) is 24.1 Å². The summed E-state index contributed by atoms with van der Waals surface area (Å²) in [7, 11) is 1.24. The SMILES string of the molecule is COC(=O)N[C@H](C(=O)N1C[C@@H](SC)C[C@H]1c1nc(F)c(-c2ccc(-c3ccc(-c4[nH]c([C@@H]5C[C@H](CS)CN5C(=O)[C@@H](COOC=N)C(C)C)nc4F)cc3)cc2)[nH]1)C(C)C. The van der Waals surface area contributed by atoms with E-state index in [4.69, 9.17) is 15.0 Å². The summed E-state index contributed by atoms with van der Waals surface area (Å²) in [5, 5.41) is 9.78. The van der Waals surface area contributed by atoms with Crippen molar-refractivity contribution in [1.82, 2.24) is 35.1 Å². The highest BCUT2D eigenvalue weighted by atomic mass is 32.2. The molecule has 0 spiro atoms. The van der Waals surface area contributed by atoms with Crippen molar-refractivity contribution < 1.29 is 37.7 Å². The average molecular weight is 867 g/mol. The number of hydrogen-bond donors (Lipinski definition) is 5. The van der Waals surface area contributed by atoms with Gasteiger partial charge in [-0.05, 0) is 53.7 Å². The molecule has 2 saturated heterocycles. The monoisotopic (exact) mass is 866 g/mol. The number of alkyl carbamates (subject to hydrolysis) is 1. The minimum atomic E-state index is -0.825. The summed E-state index contributed by atoms with van der Waals surface area (Å²) in [5.74, 6) is -1.35. The van der Waals surface area contributed by atoms with Crippen LogP contribution < -0.4 is 5.32 Å². The summed E-state index contributed by atoms with van der Waals surface area (Å²) in [4.78, 5) is 67.5. The Morgan fingerprint density at radius 3 is 1.85 bits per heavy atom. The number of ether oxygens (including phenoxy) is 1. The third-order valence-electron chi connectivity index (χ3n) is 11.4. The van der Waals surface area contributed by atoms with E-state index >= 15 is 8.78 Å². The molecule has 14 nitrogen and oxygen atoms in total. The number of nitrogens with one attached hydrogen (secondary N) is 4. The van der Waals surface area contributed by atoms with E-state index in [1.165, 1.54) is 7.11 Å². The van der Waals surface area contributed by atoms with Crippen LogP contribution in [-0.4, -0.2) is 104 Å². The maximum atomic E-state index is 15.5. The van der Waals surface area contributed by atoms with Gasteiger partial charge in [-0.15, -0.1) is 0 Å². The second-order valence-corrected chi connectivity index (χ2v) is 17.3. The highest BCUT2D eigenvalue weighted by Gasteiger charge is 2.43. The van der Waals surface area contributed by atoms with Crippen LogP contribution in [0.15, 0.2) is 48.5 Å². The summed E-state index contributed by atoms with van der Waals surface area (Å²) in [6, 6.07) is 12.7. The van der Waals surface area contributed by atoms with Gasteiger partial charge in [0.25, 0.3) is 0 Å². The molecule has 4 N–H and O–H groups in total. The van der Waals surface area contributed by atoms with Gasteiger partial charge in [-0.2, -0.15) is 38.1 Å². The minimum absolute atomic E-state index is 0.0329. The van der Waals surface area contributed by atoms with Gasteiger partial charge in [-0.25, -0.2) is 14.8 Å². The van der Waals surface area contributed by atoms with E-state index in [-0.39, 0.29) is 52.8 Å².